The van der Waals surface area contributed by atoms with Crippen molar-refractivity contribution in [3.8, 4) is 0 Å². The number of carboxylic acid groups (broad SMARTS) is 1. The van der Waals surface area contributed by atoms with Crippen LogP contribution < -0.4 is 0 Å². The van der Waals surface area contributed by atoms with Crippen molar-refractivity contribution < 1.29 is 14.3 Å². The summed E-state index contributed by atoms with van der Waals surface area (Å²) in [6, 6.07) is 11.4. The second kappa shape index (κ2) is 6.37. The second-order valence-electron chi connectivity index (χ2n) is 4.40. The highest BCUT2D eigenvalue weighted by Gasteiger charge is 2.21. The Morgan fingerprint density at radius 1 is 1.30 bits per heavy atom. The lowest BCUT2D eigenvalue weighted by molar-refractivity contribution is -0.138. The molecule has 0 amide bonds. The van der Waals surface area contributed by atoms with Gasteiger partial charge in [-0.2, -0.15) is 0 Å². The van der Waals surface area contributed by atoms with Crippen molar-refractivity contribution >= 4 is 33.5 Å². The van der Waals surface area contributed by atoms with Gasteiger partial charge in [0.2, 0.25) is 0 Å². The summed E-state index contributed by atoms with van der Waals surface area (Å²) in [7, 11) is 0. The molecule has 0 saturated heterocycles. The summed E-state index contributed by atoms with van der Waals surface area (Å²) in [5.41, 5.74) is 1.27. The minimum atomic E-state index is -0.946. The number of carboxylic acids is 1. The molecule has 0 fully saturated rings. The van der Waals surface area contributed by atoms with Gasteiger partial charge in [-0.25, -0.2) is 4.39 Å². The standard InChI is InChI=1S/C15H11BrClFO2/c16-11-3-1-2-10(8-11)12(15(19)20)6-9-4-5-13(17)14(18)7-9/h1-5,7-8,12H,6H2,(H,19,20). The van der Waals surface area contributed by atoms with Crippen LogP contribution in [0.5, 0.6) is 0 Å². The number of hydrogen-bond donors (Lipinski definition) is 1. The summed E-state index contributed by atoms with van der Waals surface area (Å²) in [6.07, 6.45) is 0.208. The molecule has 0 aliphatic heterocycles. The third-order valence-electron chi connectivity index (χ3n) is 2.97. The molecule has 2 nitrogen and oxygen atoms in total. The van der Waals surface area contributed by atoms with Gasteiger partial charge in [-0.1, -0.05) is 45.7 Å². The molecule has 0 bridgehead atoms. The van der Waals surface area contributed by atoms with E-state index in [9.17, 15) is 14.3 Å². The molecule has 0 spiro atoms. The van der Waals surface area contributed by atoms with E-state index in [1.165, 1.54) is 12.1 Å². The second-order valence-corrected chi connectivity index (χ2v) is 5.72. The smallest absolute Gasteiger partial charge is 0.311 e. The Kier molecular flexibility index (Phi) is 4.78. The van der Waals surface area contributed by atoms with Gasteiger partial charge in [0.15, 0.2) is 0 Å². The lowest BCUT2D eigenvalue weighted by Gasteiger charge is -2.13. The molecule has 1 N–H and O–H groups in total. The van der Waals surface area contributed by atoms with Gasteiger partial charge in [0, 0.05) is 4.47 Å². The van der Waals surface area contributed by atoms with Crippen molar-refractivity contribution in [1.29, 1.82) is 0 Å². The molecule has 20 heavy (non-hydrogen) atoms. The summed E-state index contributed by atoms with van der Waals surface area (Å²) in [5.74, 6) is -2.21. The van der Waals surface area contributed by atoms with Crippen molar-refractivity contribution in [2.45, 2.75) is 12.3 Å². The number of halogens is 3. The van der Waals surface area contributed by atoms with Gasteiger partial charge in [-0.15, -0.1) is 0 Å². The highest BCUT2D eigenvalue weighted by molar-refractivity contribution is 9.10. The fraction of sp³-hybridized carbons (Fsp3) is 0.133. The summed E-state index contributed by atoms with van der Waals surface area (Å²) in [6.45, 7) is 0. The van der Waals surface area contributed by atoms with E-state index < -0.39 is 17.7 Å². The van der Waals surface area contributed by atoms with Crippen LogP contribution in [-0.2, 0) is 11.2 Å². The Hall–Kier alpha value is -1.39. The summed E-state index contributed by atoms with van der Waals surface area (Å²) < 4.78 is 14.2. The molecule has 0 heterocycles. The van der Waals surface area contributed by atoms with Crippen molar-refractivity contribution in [3.63, 3.8) is 0 Å². The molecule has 2 rings (SSSR count). The first-order chi connectivity index (χ1) is 9.47. The van der Waals surface area contributed by atoms with Crippen LogP contribution >= 0.6 is 27.5 Å². The van der Waals surface area contributed by atoms with Crippen LogP contribution in [0.25, 0.3) is 0 Å². The minimum absolute atomic E-state index is 0.0306. The number of rotatable bonds is 4. The zero-order valence-corrected chi connectivity index (χ0v) is 12.7. The van der Waals surface area contributed by atoms with Crippen LogP contribution in [0.3, 0.4) is 0 Å². The van der Waals surface area contributed by atoms with Gasteiger partial charge in [-0.05, 0) is 41.8 Å². The van der Waals surface area contributed by atoms with Crippen LogP contribution in [0.1, 0.15) is 17.0 Å². The Balaban J connectivity index is 2.30. The maximum atomic E-state index is 13.4. The maximum Gasteiger partial charge on any atom is 0.311 e. The number of hydrogen-bond acceptors (Lipinski definition) is 1. The topological polar surface area (TPSA) is 37.3 Å². The normalized spacial score (nSPS) is 12.2. The summed E-state index contributed by atoms with van der Waals surface area (Å²) >= 11 is 8.94. The van der Waals surface area contributed by atoms with Crippen molar-refractivity contribution in [2.75, 3.05) is 0 Å². The molecule has 2 aromatic carbocycles. The van der Waals surface area contributed by atoms with E-state index in [1.807, 2.05) is 6.07 Å². The van der Waals surface area contributed by atoms with Crippen molar-refractivity contribution in [1.82, 2.24) is 0 Å². The van der Waals surface area contributed by atoms with Gasteiger partial charge in [0.1, 0.15) is 5.82 Å². The van der Waals surface area contributed by atoms with E-state index in [0.717, 1.165) is 4.47 Å². The largest absolute Gasteiger partial charge is 0.481 e. The summed E-state index contributed by atoms with van der Waals surface area (Å²) in [5, 5.41) is 9.40. The van der Waals surface area contributed by atoms with Crippen LogP contribution in [0.4, 0.5) is 4.39 Å². The molecule has 1 atom stereocenters. The molecule has 0 aliphatic rings. The SMILES string of the molecule is O=C(O)C(Cc1ccc(Cl)c(F)c1)c1cccc(Br)c1. The summed E-state index contributed by atoms with van der Waals surface area (Å²) in [4.78, 5) is 11.4. The van der Waals surface area contributed by atoms with Gasteiger partial charge >= 0.3 is 5.97 Å². The molecule has 0 aromatic heterocycles. The Morgan fingerprint density at radius 3 is 2.65 bits per heavy atom. The lowest BCUT2D eigenvalue weighted by Crippen LogP contribution is -2.14. The number of carbonyl (C=O) groups is 1. The van der Waals surface area contributed by atoms with Crippen LogP contribution in [-0.4, -0.2) is 11.1 Å². The minimum Gasteiger partial charge on any atom is -0.481 e. The van der Waals surface area contributed by atoms with Crippen molar-refractivity contribution in [3.05, 3.63) is 68.9 Å². The van der Waals surface area contributed by atoms with E-state index in [0.29, 0.717) is 11.1 Å². The van der Waals surface area contributed by atoms with E-state index in [2.05, 4.69) is 15.9 Å². The third-order valence-corrected chi connectivity index (χ3v) is 3.77. The molecule has 0 aliphatic carbocycles. The zero-order valence-electron chi connectivity index (χ0n) is 10.3. The lowest BCUT2D eigenvalue weighted by atomic mass is 9.92. The number of aliphatic carboxylic acids is 1. The molecule has 0 saturated carbocycles. The van der Waals surface area contributed by atoms with Crippen molar-refractivity contribution in [2.24, 2.45) is 0 Å². The molecule has 104 valence electrons. The average Bonchev–Trinajstić information content (AvgIpc) is 2.39. The quantitative estimate of drug-likeness (QED) is 0.864. The first kappa shape index (κ1) is 15.0. The molecule has 5 heteroatoms. The monoisotopic (exact) mass is 356 g/mol. The first-order valence-corrected chi connectivity index (χ1v) is 7.06. The number of benzene rings is 2. The average molecular weight is 358 g/mol. The molecule has 2 aromatic rings. The maximum absolute atomic E-state index is 13.4. The van der Waals surface area contributed by atoms with Gasteiger partial charge in [0.05, 0.1) is 10.9 Å². The van der Waals surface area contributed by atoms with E-state index in [-0.39, 0.29) is 11.4 Å². The Bertz CT molecular complexity index is 646. The van der Waals surface area contributed by atoms with Crippen LogP contribution in [0, 0.1) is 5.82 Å². The highest BCUT2D eigenvalue weighted by Crippen LogP contribution is 2.25. The first-order valence-electron chi connectivity index (χ1n) is 5.89. The highest BCUT2D eigenvalue weighted by atomic mass is 79.9. The Morgan fingerprint density at radius 2 is 2.05 bits per heavy atom. The van der Waals surface area contributed by atoms with E-state index in [1.54, 1.807) is 24.3 Å². The molecule has 1 unspecified atom stereocenters. The zero-order chi connectivity index (χ0) is 14.7. The van der Waals surface area contributed by atoms with Gasteiger partial charge in [-0.3, -0.25) is 4.79 Å². The third kappa shape index (κ3) is 3.58. The Labute approximate surface area is 129 Å². The van der Waals surface area contributed by atoms with E-state index >= 15 is 0 Å². The predicted octanol–water partition coefficient (Wildman–Crippen LogP) is 4.65. The molecular formula is C15H11BrClFO2. The fourth-order valence-corrected chi connectivity index (χ4v) is 2.51. The molecule has 0 radical (unpaired) electrons. The van der Waals surface area contributed by atoms with E-state index in [4.69, 9.17) is 11.6 Å². The van der Waals surface area contributed by atoms with Gasteiger partial charge < -0.3 is 5.11 Å². The van der Waals surface area contributed by atoms with Gasteiger partial charge in [0.25, 0.3) is 0 Å². The molecular weight excluding hydrogens is 347 g/mol. The fourth-order valence-electron chi connectivity index (χ4n) is 1.97. The van der Waals surface area contributed by atoms with Crippen LogP contribution in [0.15, 0.2) is 46.9 Å². The van der Waals surface area contributed by atoms with Crippen LogP contribution in [0.2, 0.25) is 5.02 Å². The predicted molar refractivity (Wildman–Crippen MR) is 79.6 cm³/mol.